The monoisotopic (exact) mass is 437 g/mol. The fourth-order valence-electron chi connectivity index (χ4n) is 3.04. The lowest BCUT2D eigenvalue weighted by molar-refractivity contribution is -0.114. The molecule has 164 valence electrons. The van der Waals surface area contributed by atoms with Crippen molar-refractivity contribution in [1.82, 2.24) is 24.4 Å². The molecule has 3 aromatic heterocycles. The topological polar surface area (TPSA) is 115 Å². The molecule has 1 aromatic carbocycles. The van der Waals surface area contributed by atoms with Gasteiger partial charge in [0.1, 0.15) is 17.3 Å². The third-order valence-corrected chi connectivity index (χ3v) is 4.53. The summed E-state index contributed by atoms with van der Waals surface area (Å²) in [6, 6.07) is 8.89. The van der Waals surface area contributed by atoms with Crippen molar-refractivity contribution in [3.05, 3.63) is 59.8 Å². The van der Waals surface area contributed by atoms with Gasteiger partial charge >= 0.3 is 0 Å². The molecule has 0 spiro atoms. The Labute approximate surface area is 182 Å². The third kappa shape index (κ3) is 4.41. The number of carbonyl (C=O) groups excluding carboxylic acids is 2. The third-order valence-electron chi connectivity index (χ3n) is 4.53. The van der Waals surface area contributed by atoms with E-state index in [-0.39, 0.29) is 23.2 Å². The number of benzene rings is 1. The molecule has 0 bridgehead atoms. The van der Waals surface area contributed by atoms with Gasteiger partial charge in [0, 0.05) is 26.1 Å². The van der Waals surface area contributed by atoms with Gasteiger partial charge in [-0.05, 0) is 30.7 Å². The van der Waals surface area contributed by atoms with Crippen LogP contribution in [0.4, 0.5) is 15.9 Å². The van der Waals surface area contributed by atoms with E-state index in [2.05, 4.69) is 25.8 Å². The number of halogens is 1. The smallest absolute Gasteiger partial charge is 0.274 e. The van der Waals surface area contributed by atoms with E-state index in [1.807, 2.05) is 6.92 Å². The summed E-state index contributed by atoms with van der Waals surface area (Å²) >= 11 is 0. The molecule has 11 heteroatoms. The second-order valence-electron chi connectivity index (χ2n) is 6.98. The largest absolute Gasteiger partial charge is 0.438 e. The zero-order valence-corrected chi connectivity index (χ0v) is 17.6. The molecule has 32 heavy (non-hydrogen) atoms. The fraction of sp³-hybridized carbons (Fsp3) is 0.190. The lowest BCUT2D eigenvalue weighted by Gasteiger charge is -2.10. The van der Waals surface area contributed by atoms with Crippen LogP contribution in [-0.4, -0.2) is 36.2 Å². The molecule has 0 radical (unpaired) electrons. The van der Waals surface area contributed by atoms with Gasteiger partial charge in [0.2, 0.25) is 11.8 Å². The van der Waals surface area contributed by atoms with Crippen LogP contribution in [0.5, 0.6) is 11.6 Å². The number of hydrogen-bond acceptors (Lipinski definition) is 6. The lowest BCUT2D eigenvalue weighted by Crippen LogP contribution is -2.16. The Bertz CT molecular complexity index is 1330. The van der Waals surface area contributed by atoms with Gasteiger partial charge < -0.3 is 15.4 Å². The van der Waals surface area contributed by atoms with Gasteiger partial charge in [-0.2, -0.15) is 5.10 Å². The number of anilines is 2. The highest BCUT2D eigenvalue weighted by atomic mass is 19.1. The number of aromatic nitrogens is 5. The minimum Gasteiger partial charge on any atom is -0.438 e. The molecule has 4 rings (SSSR count). The maximum atomic E-state index is 14.3. The molecular weight excluding hydrogens is 417 g/mol. The Morgan fingerprint density at radius 1 is 1.12 bits per heavy atom. The van der Waals surface area contributed by atoms with Crippen molar-refractivity contribution in [1.29, 1.82) is 0 Å². The Kier molecular flexibility index (Phi) is 5.54. The van der Waals surface area contributed by atoms with E-state index in [1.54, 1.807) is 31.4 Å². The predicted octanol–water partition coefficient (Wildman–Crippen LogP) is 3.17. The maximum Gasteiger partial charge on any atom is 0.274 e. The fourth-order valence-corrected chi connectivity index (χ4v) is 3.04. The molecule has 3 heterocycles. The van der Waals surface area contributed by atoms with Crippen molar-refractivity contribution in [3.63, 3.8) is 0 Å². The van der Waals surface area contributed by atoms with Gasteiger partial charge in [-0.1, -0.05) is 6.92 Å². The van der Waals surface area contributed by atoms with Crippen LogP contribution in [0, 0.1) is 5.82 Å². The molecule has 0 aliphatic carbocycles. The minimum atomic E-state index is -0.610. The van der Waals surface area contributed by atoms with Crippen LogP contribution in [0.2, 0.25) is 0 Å². The number of fused-ring (bicyclic) bond motifs is 1. The molecule has 0 saturated carbocycles. The molecular formula is C21H20FN7O3. The average Bonchev–Trinajstić information content (AvgIpc) is 3.32. The Morgan fingerprint density at radius 3 is 2.66 bits per heavy atom. The Morgan fingerprint density at radius 2 is 1.94 bits per heavy atom. The summed E-state index contributed by atoms with van der Waals surface area (Å²) < 4.78 is 22.9. The van der Waals surface area contributed by atoms with Crippen molar-refractivity contribution >= 4 is 29.0 Å². The summed E-state index contributed by atoms with van der Waals surface area (Å²) in [5.41, 5.74) is 1.55. The summed E-state index contributed by atoms with van der Waals surface area (Å²) in [6.07, 6.45) is 2.22. The first kappa shape index (κ1) is 21.0. The van der Waals surface area contributed by atoms with Crippen LogP contribution >= 0.6 is 0 Å². The van der Waals surface area contributed by atoms with Crippen LogP contribution in [0.25, 0.3) is 5.65 Å². The van der Waals surface area contributed by atoms with E-state index in [9.17, 15) is 14.0 Å². The first-order chi connectivity index (χ1) is 15.3. The standard InChI is InChI=1S/C21H20FN7O3/c1-4-13-9-17(28(3)26-13)21(31)24-16-10-14(5-6-15(16)22)32-20-8-7-19-25-18(23-12(2)30)11-29(19)27-20/h5-11H,4H2,1-3H3,(H,23,30)(H,24,31). The molecule has 0 fully saturated rings. The van der Waals surface area contributed by atoms with E-state index in [1.165, 1.54) is 34.3 Å². The Hall–Kier alpha value is -4.28. The van der Waals surface area contributed by atoms with E-state index < -0.39 is 11.7 Å². The first-order valence-corrected chi connectivity index (χ1v) is 9.78. The predicted molar refractivity (Wildman–Crippen MR) is 114 cm³/mol. The van der Waals surface area contributed by atoms with Crippen molar-refractivity contribution < 1.29 is 18.7 Å². The highest BCUT2D eigenvalue weighted by Crippen LogP contribution is 2.26. The van der Waals surface area contributed by atoms with Gasteiger partial charge in [-0.25, -0.2) is 13.9 Å². The second kappa shape index (κ2) is 8.46. The van der Waals surface area contributed by atoms with Crippen LogP contribution in [-0.2, 0) is 18.3 Å². The van der Waals surface area contributed by atoms with E-state index in [4.69, 9.17) is 4.74 Å². The van der Waals surface area contributed by atoms with Gasteiger partial charge in [0.05, 0.1) is 17.6 Å². The van der Waals surface area contributed by atoms with E-state index in [0.717, 1.165) is 5.69 Å². The van der Waals surface area contributed by atoms with Crippen LogP contribution in [0.1, 0.15) is 30.0 Å². The number of aryl methyl sites for hydroxylation is 2. The molecule has 0 unspecified atom stereocenters. The first-order valence-electron chi connectivity index (χ1n) is 9.78. The number of hydrogen-bond donors (Lipinski definition) is 2. The van der Waals surface area contributed by atoms with E-state index >= 15 is 0 Å². The molecule has 4 aromatic rings. The molecule has 0 aliphatic rings. The molecule has 0 aliphatic heterocycles. The molecule has 0 atom stereocenters. The molecule has 2 N–H and O–H groups in total. The van der Waals surface area contributed by atoms with Crippen molar-refractivity contribution in [2.24, 2.45) is 7.05 Å². The minimum absolute atomic E-state index is 0.0385. The van der Waals surface area contributed by atoms with Gasteiger partial charge in [0.25, 0.3) is 5.91 Å². The van der Waals surface area contributed by atoms with Crippen molar-refractivity contribution in [3.8, 4) is 11.6 Å². The number of ether oxygens (including phenoxy) is 1. The molecule has 2 amide bonds. The number of carbonyl (C=O) groups is 2. The van der Waals surface area contributed by atoms with Crippen molar-refractivity contribution in [2.75, 3.05) is 10.6 Å². The highest BCUT2D eigenvalue weighted by Gasteiger charge is 2.16. The van der Waals surface area contributed by atoms with E-state index in [0.29, 0.717) is 23.6 Å². The normalized spacial score (nSPS) is 10.9. The summed E-state index contributed by atoms with van der Waals surface area (Å²) in [7, 11) is 1.65. The second-order valence-corrected chi connectivity index (χ2v) is 6.98. The number of nitrogens with zero attached hydrogens (tertiary/aromatic N) is 5. The number of amides is 2. The lowest BCUT2D eigenvalue weighted by atomic mass is 10.2. The molecule has 10 nitrogen and oxygen atoms in total. The van der Waals surface area contributed by atoms with Crippen LogP contribution in [0.15, 0.2) is 42.6 Å². The highest BCUT2D eigenvalue weighted by molar-refractivity contribution is 6.03. The zero-order valence-electron chi connectivity index (χ0n) is 17.6. The maximum absolute atomic E-state index is 14.3. The number of imidazole rings is 1. The summed E-state index contributed by atoms with van der Waals surface area (Å²) in [4.78, 5) is 28.0. The summed E-state index contributed by atoms with van der Waals surface area (Å²) in [5.74, 6) is -0.499. The van der Waals surface area contributed by atoms with Gasteiger partial charge in [-0.3, -0.25) is 14.3 Å². The molecule has 0 saturated heterocycles. The van der Waals surface area contributed by atoms with Crippen LogP contribution in [0.3, 0.4) is 0 Å². The quantitative estimate of drug-likeness (QED) is 0.479. The number of nitrogens with one attached hydrogen (secondary N) is 2. The van der Waals surface area contributed by atoms with Crippen molar-refractivity contribution in [2.45, 2.75) is 20.3 Å². The number of rotatable bonds is 6. The SMILES string of the molecule is CCc1cc(C(=O)Nc2cc(Oc3ccc4nc(NC(C)=O)cn4n3)ccc2F)n(C)n1. The summed E-state index contributed by atoms with van der Waals surface area (Å²) in [5, 5.41) is 13.6. The van der Waals surface area contributed by atoms with Gasteiger partial charge in [-0.15, -0.1) is 5.10 Å². The average molecular weight is 437 g/mol. The van der Waals surface area contributed by atoms with Crippen LogP contribution < -0.4 is 15.4 Å². The Balaban J connectivity index is 1.54. The summed E-state index contributed by atoms with van der Waals surface area (Å²) in [6.45, 7) is 3.31. The zero-order chi connectivity index (χ0) is 22.8. The van der Waals surface area contributed by atoms with Gasteiger partial charge in [0.15, 0.2) is 11.5 Å².